The van der Waals surface area contributed by atoms with Gasteiger partial charge in [-0.1, -0.05) is 91.0 Å². The lowest BCUT2D eigenvalue weighted by atomic mass is 9.58. The molecule has 0 aliphatic carbocycles. The maximum absolute atomic E-state index is 14.4. The topological polar surface area (TPSA) is 96.7 Å². The zero-order chi connectivity index (χ0) is 27.1. The van der Waals surface area contributed by atoms with Crippen molar-refractivity contribution in [1.82, 2.24) is 4.90 Å². The van der Waals surface area contributed by atoms with Gasteiger partial charge in [0.2, 0.25) is 5.91 Å². The fourth-order valence-electron chi connectivity index (χ4n) is 5.40. The van der Waals surface area contributed by atoms with Crippen LogP contribution in [0.3, 0.4) is 0 Å². The number of esters is 2. The van der Waals surface area contributed by atoms with Crippen LogP contribution in [-0.2, 0) is 30.4 Å². The fraction of sp³-hybridized carbons (Fsp3) is 0.290. The highest BCUT2D eigenvalue weighted by Crippen LogP contribution is 2.57. The molecular formula is C31H30N2O5. The predicted octanol–water partition coefficient (Wildman–Crippen LogP) is 4.81. The molecule has 1 heterocycles. The van der Waals surface area contributed by atoms with Gasteiger partial charge in [0.05, 0.1) is 25.3 Å². The van der Waals surface area contributed by atoms with Gasteiger partial charge in [0, 0.05) is 12.5 Å². The van der Waals surface area contributed by atoms with E-state index < -0.39 is 41.1 Å². The number of nitrogens with zero attached hydrogens (tertiary/aromatic N) is 2. The molecule has 1 aliphatic heterocycles. The van der Waals surface area contributed by atoms with Gasteiger partial charge in [-0.2, -0.15) is 5.26 Å². The van der Waals surface area contributed by atoms with Crippen molar-refractivity contribution in [3.8, 4) is 6.07 Å². The van der Waals surface area contributed by atoms with Gasteiger partial charge in [-0.3, -0.25) is 14.4 Å². The SMILES string of the molecule is CCOC(=O)C1C(=O)N(Cc2ccccc2)C(c2ccccc2)C(C#N)(C(=O)OCC)C1c1ccccc1. The van der Waals surface area contributed by atoms with Crippen LogP contribution in [0.1, 0.15) is 42.5 Å². The summed E-state index contributed by atoms with van der Waals surface area (Å²) in [6.07, 6.45) is 0. The summed E-state index contributed by atoms with van der Waals surface area (Å²) in [6.45, 7) is 3.47. The first kappa shape index (κ1) is 26.6. The van der Waals surface area contributed by atoms with E-state index in [1.54, 1.807) is 68.4 Å². The summed E-state index contributed by atoms with van der Waals surface area (Å²) in [4.78, 5) is 43.3. The molecule has 0 radical (unpaired) electrons. The minimum Gasteiger partial charge on any atom is -0.465 e. The quantitative estimate of drug-likeness (QED) is 0.319. The standard InChI is InChI=1S/C31H30N2O5/c1-3-37-29(35)25-26(23-16-10-6-11-17-23)31(21-32,30(36)38-4-2)27(24-18-12-7-13-19-24)33(28(25)34)20-22-14-8-5-9-15-22/h5-19,25-27H,3-4,20H2,1-2H3. The molecule has 194 valence electrons. The number of hydrogen-bond donors (Lipinski definition) is 0. The van der Waals surface area contributed by atoms with Gasteiger partial charge in [0.25, 0.3) is 0 Å². The Morgan fingerprint density at radius 1 is 0.842 bits per heavy atom. The molecule has 0 spiro atoms. The molecule has 3 aromatic rings. The third-order valence-corrected chi connectivity index (χ3v) is 6.92. The Morgan fingerprint density at radius 2 is 1.37 bits per heavy atom. The average molecular weight is 511 g/mol. The molecule has 7 nitrogen and oxygen atoms in total. The molecule has 0 aromatic heterocycles. The second-order valence-electron chi connectivity index (χ2n) is 9.08. The van der Waals surface area contributed by atoms with Crippen LogP contribution in [0.5, 0.6) is 0 Å². The summed E-state index contributed by atoms with van der Waals surface area (Å²) in [6, 6.07) is 28.3. The summed E-state index contributed by atoms with van der Waals surface area (Å²) in [5.41, 5.74) is -0.0552. The Labute approximate surface area is 222 Å². The lowest BCUT2D eigenvalue weighted by Gasteiger charge is -2.51. The molecule has 1 saturated heterocycles. The molecule has 4 rings (SSSR count). The normalized spacial score (nSPS) is 22.8. The van der Waals surface area contributed by atoms with Crippen LogP contribution in [0.2, 0.25) is 0 Å². The van der Waals surface area contributed by atoms with Gasteiger partial charge in [-0.25, -0.2) is 0 Å². The molecule has 3 aromatic carbocycles. The highest BCUT2D eigenvalue weighted by Gasteiger charge is 2.66. The third-order valence-electron chi connectivity index (χ3n) is 6.92. The summed E-state index contributed by atoms with van der Waals surface area (Å²) in [5, 5.41) is 11.0. The highest BCUT2D eigenvalue weighted by molar-refractivity contribution is 6.02. The summed E-state index contributed by atoms with van der Waals surface area (Å²) < 4.78 is 10.9. The van der Waals surface area contributed by atoms with E-state index in [-0.39, 0.29) is 19.8 Å². The molecule has 1 aliphatic rings. The zero-order valence-corrected chi connectivity index (χ0v) is 21.4. The lowest BCUT2D eigenvalue weighted by molar-refractivity contribution is -0.177. The van der Waals surface area contributed by atoms with Crippen molar-refractivity contribution in [1.29, 1.82) is 5.26 Å². The average Bonchev–Trinajstić information content (AvgIpc) is 2.95. The van der Waals surface area contributed by atoms with Crippen LogP contribution in [0.15, 0.2) is 91.0 Å². The molecule has 0 N–H and O–H groups in total. The number of benzene rings is 3. The zero-order valence-electron chi connectivity index (χ0n) is 21.4. The van der Waals surface area contributed by atoms with Crippen molar-refractivity contribution in [2.75, 3.05) is 13.2 Å². The second kappa shape index (κ2) is 11.7. The molecule has 38 heavy (non-hydrogen) atoms. The first-order chi connectivity index (χ1) is 18.5. The number of carbonyl (C=O) groups is 3. The number of piperidine rings is 1. The largest absolute Gasteiger partial charge is 0.465 e. The van der Waals surface area contributed by atoms with E-state index in [1.165, 1.54) is 4.90 Å². The monoisotopic (exact) mass is 510 g/mol. The van der Waals surface area contributed by atoms with Crippen LogP contribution in [0.25, 0.3) is 0 Å². The van der Waals surface area contributed by atoms with Gasteiger partial charge < -0.3 is 14.4 Å². The van der Waals surface area contributed by atoms with E-state index in [0.29, 0.717) is 11.1 Å². The van der Waals surface area contributed by atoms with E-state index in [1.807, 2.05) is 36.4 Å². The van der Waals surface area contributed by atoms with E-state index in [2.05, 4.69) is 6.07 Å². The maximum atomic E-state index is 14.4. The van der Waals surface area contributed by atoms with Crippen molar-refractivity contribution < 1.29 is 23.9 Å². The first-order valence-electron chi connectivity index (χ1n) is 12.7. The number of likely N-dealkylation sites (tertiary alicyclic amines) is 1. The summed E-state index contributed by atoms with van der Waals surface area (Å²) in [7, 11) is 0. The molecule has 4 unspecified atom stereocenters. The smallest absolute Gasteiger partial charge is 0.329 e. The van der Waals surface area contributed by atoms with E-state index in [0.717, 1.165) is 5.56 Å². The minimum atomic E-state index is -1.95. The lowest BCUT2D eigenvalue weighted by Crippen LogP contribution is -2.61. The Kier molecular flexibility index (Phi) is 8.22. The van der Waals surface area contributed by atoms with Gasteiger partial charge in [-0.05, 0) is 30.5 Å². The summed E-state index contributed by atoms with van der Waals surface area (Å²) >= 11 is 0. The Bertz CT molecular complexity index is 1310. The Morgan fingerprint density at radius 3 is 1.89 bits per heavy atom. The fourth-order valence-corrected chi connectivity index (χ4v) is 5.40. The van der Waals surface area contributed by atoms with Crippen LogP contribution in [0, 0.1) is 22.7 Å². The maximum Gasteiger partial charge on any atom is 0.329 e. The van der Waals surface area contributed by atoms with Crippen molar-refractivity contribution in [3.05, 3.63) is 108 Å². The van der Waals surface area contributed by atoms with E-state index in [9.17, 15) is 19.6 Å². The summed E-state index contributed by atoms with van der Waals surface area (Å²) in [5.74, 6) is -4.64. The van der Waals surface area contributed by atoms with Crippen molar-refractivity contribution in [2.45, 2.75) is 32.4 Å². The van der Waals surface area contributed by atoms with Crippen LogP contribution < -0.4 is 0 Å². The minimum absolute atomic E-state index is 0.0297. The molecule has 1 amide bonds. The van der Waals surface area contributed by atoms with Gasteiger partial charge in [-0.15, -0.1) is 0 Å². The van der Waals surface area contributed by atoms with E-state index in [4.69, 9.17) is 9.47 Å². The Balaban J connectivity index is 2.05. The van der Waals surface area contributed by atoms with Gasteiger partial charge >= 0.3 is 11.9 Å². The number of rotatable bonds is 8. The van der Waals surface area contributed by atoms with E-state index >= 15 is 0 Å². The van der Waals surface area contributed by atoms with Crippen molar-refractivity contribution >= 4 is 17.8 Å². The molecule has 1 fully saturated rings. The molecule has 0 bridgehead atoms. The number of carbonyl (C=O) groups excluding carboxylic acids is 3. The number of ether oxygens (including phenoxy) is 2. The first-order valence-corrected chi connectivity index (χ1v) is 12.7. The predicted molar refractivity (Wildman–Crippen MR) is 140 cm³/mol. The molecule has 4 atom stereocenters. The molecule has 7 heteroatoms. The van der Waals surface area contributed by atoms with Crippen molar-refractivity contribution in [2.24, 2.45) is 11.3 Å². The number of amides is 1. The van der Waals surface area contributed by atoms with Crippen molar-refractivity contribution in [3.63, 3.8) is 0 Å². The van der Waals surface area contributed by atoms with Gasteiger partial charge in [0.15, 0.2) is 5.41 Å². The Hall–Kier alpha value is -4.44. The van der Waals surface area contributed by atoms with Crippen LogP contribution >= 0.6 is 0 Å². The number of hydrogen-bond acceptors (Lipinski definition) is 6. The third kappa shape index (κ3) is 4.78. The van der Waals surface area contributed by atoms with Crippen LogP contribution in [0.4, 0.5) is 0 Å². The highest BCUT2D eigenvalue weighted by atomic mass is 16.5. The number of nitriles is 1. The molecule has 0 saturated carbocycles. The molecular weight excluding hydrogens is 480 g/mol. The van der Waals surface area contributed by atoms with Gasteiger partial charge in [0.1, 0.15) is 5.92 Å². The van der Waals surface area contributed by atoms with Crippen LogP contribution in [-0.4, -0.2) is 36.0 Å². The second-order valence-corrected chi connectivity index (χ2v) is 9.08.